The number of nitrogens with two attached hydrogens (primary N) is 1. The average molecular weight is 290 g/mol. The highest BCUT2D eigenvalue weighted by Crippen LogP contribution is 2.31. The van der Waals surface area contributed by atoms with Crippen molar-refractivity contribution in [3.8, 4) is 22.8 Å². The molecule has 2 N–H and O–H groups in total. The van der Waals surface area contributed by atoms with Crippen LogP contribution in [0, 0.1) is 0 Å². The highest BCUT2D eigenvalue weighted by Gasteiger charge is 2.09. The fraction of sp³-hybridized carbons (Fsp3) is 0. The fourth-order valence-corrected chi connectivity index (χ4v) is 2.08. The minimum atomic E-state index is -0.493. The molecule has 0 aliphatic heterocycles. The molecule has 0 atom stereocenters. The molecule has 0 saturated carbocycles. The summed E-state index contributed by atoms with van der Waals surface area (Å²) in [5.74, 6) is 0.963. The summed E-state index contributed by atoms with van der Waals surface area (Å²) in [4.78, 5) is 15.4. The summed E-state index contributed by atoms with van der Waals surface area (Å²) in [7, 11) is 0. The van der Waals surface area contributed by atoms with E-state index in [1.54, 1.807) is 12.1 Å². The number of para-hydroxylation sites is 2. The number of benzene rings is 2. The minimum Gasteiger partial charge on any atom is -0.457 e. The number of aromatic nitrogens is 1. The molecule has 1 amide bonds. The van der Waals surface area contributed by atoms with Crippen LogP contribution in [0.25, 0.3) is 11.3 Å². The molecule has 3 aromatic rings. The van der Waals surface area contributed by atoms with Gasteiger partial charge in [0, 0.05) is 11.8 Å². The van der Waals surface area contributed by atoms with Gasteiger partial charge in [0.1, 0.15) is 11.5 Å². The summed E-state index contributed by atoms with van der Waals surface area (Å²) >= 11 is 0. The molecule has 1 aromatic heterocycles. The molecule has 108 valence electrons. The van der Waals surface area contributed by atoms with Crippen molar-refractivity contribution in [2.24, 2.45) is 5.73 Å². The van der Waals surface area contributed by atoms with Gasteiger partial charge in [-0.25, -0.2) is 0 Å². The Morgan fingerprint density at radius 2 is 1.64 bits per heavy atom. The molecule has 2 aromatic carbocycles. The number of primary amides is 1. The Morgan fingerprint density at radius 3 is 2.32 bits per heavy atom. The van der Waals surface area contributed by atoms with Gasteiger partial charge >= 0.3 is 0 Å². The van der Waals surface area contributed by atoms with E-state index in [-0.39, 0.29) is 0 Å². The van der Waals surface area contributed by atoms with Crippen molar-refractivity contribution in [3.63, 3.8) is 0 Å². The van der Waals surface area contributed by atoms with Gasteiger partial charge in [-0.1, -0.05) is 30.3 Å². The largest absolute Gasteiger partial charge is 0.457 e. The van der Waals surface area contributed by atoms with Gasteiger partial charge in [-0.05, 0) is 36.4 Å². The molecule has 0 bridgehead atoms. The first-order valence-electron chi connectivity index (χ1n) is 6.82. The second-order valence-corrected chi connectivity index (χ2v) is 4.71. The smallest absolute Gasteiger partial charge is 0.250 e. The molecule has 0 spiro atoms. The number of nitrogens with zero attached hydrogens (tertiary/aromatic N) is 1. The van der Waals surface area contributed by atoms with Crippen molar-refractivity contribution >= 4 is 5.91 Å². The van der Waals surface area contributed by atoms with Gasteiger partial charge in [-0.2, -0.15) is 0 Å². The number of rotatable bonds is 4. The van der Waals surface area contributed by atoms with E-state index in [1.807, 2.05) is 54.6 Å². The molecule has 1 heterocycles. The zero-order valence-corrected chi connectivity index (χ0v) is 11.8. The molecule has 3 rings (SSSR count). The van der Waals surface area contributed by atoms with E-state index in [4.69, 9.17) is 10.5 Å². The van der Waals surface area contributed by atoms with Gasteiger partial charge in [0.25, 0.3) is 0 Å². The number of hydrogen-bond donors (Lipinski definition) is 1. The normalized spacial score (nSPS) is 10.2. The standard InChI is InChI=1S/C18H14N2O2/c19-18(21)13-10-11-16(20-12-13)15-8-4-5-9-17(15)22-14-6-2-1-3-7-14/h1-12H,(H2,19,21). The van der Waals surface area contributed by atoms with Gasteiger partial charge in [-0.15, -0.1) is 0 Å². The van der Waals surface area contributed by atoms with E-state index >= 15 is 0 Å². The summed E-state index contributed by atoms with van der Waals surface area (Å²) in [5, 5.41) is 0. The lowest BCUT2D eigenvalue weighted by Gasteiger charge is -2.10. The van der Waals surface area contributed by atoms with E-state index in [9.17, 15) is 4.79 Å². The first-order valence-corrected chi connectivity index (χ1v) is 6.82. The predicted octanol–water partition coefficient (Wildman–Crippen LogP) is 3.64. The first-order chi connectivity index (χ1) is 10.7. The van der Waals surface area contributed by atoms with Crippen LogP contribution in [0.2, 0.25) is 0 Å². The first kappa shape index (κ1) is 13.8. The van der Waals surface area contributed by atoms with Gasteiger partial charge < -0.3 is 10.5 Å². The van der Waals surface area contributed by atoms with E-state index in [0.717, 1.165) is 17.0 Å². The Bertz CT molecular complexity index is 784. The number of hydrogen-bond acceptors (Lipinski definition) is 3. The number of amides is 1. The Balaban J connectivity index is 1.95. The summed E-state index contributed by atoms with van der Waals surface area (Å²) in [5.41, 5.74) is 7.18. The summed E-state index contributed by atoms with van der Waals surface area (Å²) in [6.45, 7) is 0. The lowest BCUT2D eigenvalue weighted by molar-refractivity contribution is 0.1000. The third-order valence-corrected chi connectivity index (χ3v) is 3.18. The molecule has 22 heavy (non-hydrogen) atoms. The maximum atomic E-state index is 11.1. The van der Waals surface area contributed by atoms with E-state index in [1.165, 1.54) is 6.20 Å². The number of ether oxygens (including phenoxy) is 1. The maximum absolute atomic E-state index is 11.1. The van der Waals surface area contributed by atoms with Crippen LogP contribution < -0.4 is 10.5 Å². The highest BCUT2D eigenvalue weighted by atomic mass is 16.5. The zero-order chi connectivity index (χ0) is 15.4. The molecular formula is C18H14N2O2. The van der Waals surface area contributed by atoms with Crippen LogP contribution in [0.5, 0.6) is 11.5 Å². The van der Waals surface area contributed by atoms with Crippen molar-refractivity contribution in [2.75, 3.05) is 0 Å². The van der Waals surface area contributed by atoms with Crippen molar-refractivity contribution in [3.05, 3.63) is 78.5 Å². The monoisotopic (exact) mass is 290 g/mol. The average Bonchev–Trinajstić information content (AvgIpc) is 2.56. The molecular weight excluding hydrogens is 276 g/mol. The van der Waals surface area contributed by atoms with Crippen molar-refractivity contribution < 1.29 is 9.53 Å². The van der Waals surface area contributed by atoms with Crippen molar-refractivity contribution in [1.82, 2.24) is 4.98 Å². The van der Waals surface area contributed by atoms with Crippen LogP contribution in [-0.2, 0) is 0 Å². The molecule has 4 heteroatoms. The quantitative estimate of drug-likeness (QED) is 0.797. The summed E-state index contributed by atoms with van der Waals surface area (Å²) in [6.07, 6.45) is 1.47. The summed E-state index contributed by atoms with van der Waals surface area (Å²) < 4.78 is 5.91. The Hall–Kier alpha value is -3.14. The van der Waals surface area contributed by atoms with Crippen LogP contribution in [-0.4, -0.2) is 10.9 Å². The van der Waals surface area contributed by atoms with Crippen LogP contribution in [0.3, 0.4) is 0 Å². The van der Waals surface area contributed by atoms with Gasteiger partial charge in [-0.3, -0.25) is 9.78 Å². The molecule has 0 unspecified atom stereocenters. The highest BCUT2D eigenvalue weighted by molar-refractivity contribution is 5.92. The number of pyridine rings is 1. The molecule has 0 fully saturated rings. The number of carbonyl (C=O) groups is 1. The second-order valence-electron chi connectivity index (χ2n) is 4.71. The topological polar surface area (TPSA) is 65.2 Å². The summed E-state index contributed by atoms with van der Waals surface area (Å²) in [6, 6.07) is 20.6. The molecule has 0 saturated heterocycles. The van der Waals surface area contributed by atoms with Crippen LogP contribution in [0.1, 0.15) is 10.4 Å². The lowest BCUT2D eigenvalue weighted by Crippen LogP contribution is -2.10. The Kier molecular flexibility index (Phi) is 3.83. The molecule has 0 aliphatic carbocycles. The molecule has 0 radical (unpaired) electrons. The Labute approximate surface area is 128 Å². The van der Waals surface area contributed by atoms with Gasteiger partial charge in [0.2, 0.25) is 5.91 Å². The van der Waals surface area contributed by atoms with E-state index in [2.05, 4.69) is 4.98 Å². The van der Waals surface area contributed by atoms with Crippen LogP contribution >= 0.6 is 0 Å². The molecule has 4 nitrogen and oxygen atoms in total. The Morgan fingerprint density at radius 1 is 0.909 bits per heavy atom. The predicted molar refractivity (Wildman–Crippen MR) is 84.7 cm³/mol. The molecule has 0 aliphatic rings. The fourth-order valence-electron chi connectivity index (χ4n) is 2.08. The van der Waals surface area contributed by atoms with Crippen molar-refractivity contribution in [2.45, 2.75) is 0 Å². The van der Waals surface area contributed by atoms with E-state index in [0.29, 0.717) is 11.3 Å². The van der Waals surface area contributed by atoms with E-state index < -0.39 is 5.91 Å². The second kappa shape index (κ2) is 6.10. The third-order valence-electron chi connectivity index (χ3n) is 3.18. The van der Waals surface area contributed by atoms with Gasteiger partial charge in [0.05, 0.1) is 11.3 Å². The van der Waals surface area contributed by atoms with Crippen molar-refractivity contribution in [1.29, 1.82) is 0 Å². The van der Waals surface area contributed by atoms with Crippen LogP contribution in [0.4, 0.5) is 0 Å². The minimum absolute atomic E-state index is 0.380. The zero-order valence-electron chi connectivity index (χ0n) is 11.8. The number of carbonyl (C=O) groups excluding carboxylic acids is 1. The van der Waals surface area contributed by atoms with Gasteiger partial charge in [0.15, 0.2) is 0 Å². The van der Waals surface area contributed by atoms with Crippen LogP contribution in [0.15, 0.2) is 72.9 Å². The maximum Gasteiger partial charge on any atom is 0.250 e. The lowest BCUT2D eigenvalue weighted by atomic mass is 10.1. The third kappa shape index (κ3) is 2.96. The SMILES string of the molecule is NC(=O)c1ccc(-c2ccccc2Oc2ccccc2)nc1.